The van der Waals surface area contributed by atoms with E-state index >= 15 is 0 Å². The Morgan fingerprint density at radius 2 is 1.97 bits per heavy atom. The summed E-state index contributed by atoms with van der Waals surface area (Å²) in [5, 5.41) is 4.59. The van der Waals surface area contributed by atoms with E-state index in [0.717, 1.165) is 24.0 Å². The van der Waals surface area contributed by atoms with Gasteiger partial charge in [-0.25, -0.2) is 4.68 Å². The van der Waals surface area contributed by atoms with Crippen molar-refractivity contribution in [3.05, 3.63) is 70.5 Å². The molecule has 1 saturated heterocycles. The Morgan fingerprint density at radius 3 is 2.85 bits per heavy atom. The highest BCUT2D eigenvalue weighted by Crippen LogP contribution is 2.35. The van der Waals surface area contributed by atoms with Crippen LogP contribution in [0.4, 0.5) is 0 Å². The van der Waals surface area contributed by atoms with Crippen molar-refractivity contribution in [2.45, 2.75) is 31.8 Å². The van der Waals surface area contributed by atoms with Gasteiger partial charge in [0.05, 0.1) is 31.8 Å². The molecule has 3 aromatic rings. The molecule has 0 unspecified atom stereocenters. The van der Waals surface area contributed by atoms with E-state index in [-0.39, 0.29) is 30.7 Å². The van der Waals surface area contributed by atoms with Crippen molar-refractivity contribution in [3.63, 3.8) is 0 Å². The van der Waals surface area contributed by atoms with Crippen LogP contribution < -0.4 is 19.8 Å². The standard InChI is InChI=1S/C25H25N3O5/c1-31-21-7-3-2-5-18(21)14-25(30)27-12-4-6-19(27)15-28-24(29)11-9-20(26-28)17-8-10-22-23(13-17)33-16-32-22/h2-3,5,7-11,13,19H,4,6,12,14-16H2,1H3/t19-/m0/s1. The van der Waals surface area contributed by atoms with Gasteiger partial charge in [-0.1, -0.05) is 18.2 Å². The molecule has 0 saturated carbocycles. The smallest absolute Gasteiger partial charge is 0.266 e. The summed E-state index contributed by atoms with van der Waals surface area (Å²) in [6.07, 6.45) is 2.00. The molecule has 2 aliphatic heterocycles. The third-order valence-corrected chi connectivity index (χ3v) is 6.15. The van der Waals surface area contributed by atoms with Crippen molar-refractivity contribution >= 4 is 5.91 Å². The maximum absolute atomic E-state index is 13.1. The molecular weight excluding hydrogens is 422 g/mol. The molecule has 8 nitrogen and oxygen atoms in total. The van der Waals surface area contributed by atoms with Crippen LogP contribution in [0.3, 0.4) is 0 Å². The zero-order valence-corrected chi connectivity index (χ0v) is 18.4. The summed E-state index contributed by atoms with van der Waals surface area (Å²) in [4.78, 5) is 27.5. The van der Waals surface area contributed by atoms with Crippen molar-refractivity contribution < 1.29 is 19.0 Å². The molecular formula is C25H25N3O5. The highest BCUT2D eigenvalue weighted by Gasteiger charge is 2.30. The highest BCUT2D eigenvalue weighted by molar-refractivity contribution is 5.80. The normalized spacial score (nSPS) is 16.8. The van der Waals surface area contributed by atoms with Crippen molar-refractivity contribution in [2.24, 2.45) is 0 Å². The summed E-state index contributed by atoms with van der Waals surface area (Å²) >= 11 is 0. The largest absolute Gasteiger partial charge is 0.496 e. The Kier molecular flexibility index (Phi) is 5.73. The minimum atomic E-state index is -0.191. The third kappa shape index (κ3) is 4.28. The minimum absolute atomic E-state index is 0.0296. The number of methoxy groups -OCH3 is 1. The van der Waals surface area contributed by atoms with Gasteiger partial charge in [-0.3, -0.25) is 9.59 Å². The van der Waals surface area contributed by atoms with E-state index in [1.807, 2.05) is 47.4 Å². The molecule has 5 rings (SSSR count). The summed E-state index contributed by atoms with van der Waals surface area (Å²) in [6, 6.07) is 16.3. The maximum Gasteiger partial charge on any atom is 0.266 e. The summed E-state index contributed by atoms with van der Waals surface area (Å²) in [7, 11) is 1.60. The van der Waals surface area contributed by atoms with E-state index in [2.05, 4.69) is 5.10 Å². The molecule has 8 heteroatoms. The van der Waals surface area contributed by atoms with Gasteiger partial charge >= 0.3 is 0 Å². The topological polar surface area (TPSA) is 82.9 Å². The molecule has 2 aliphatic rings. The first-order chi connectivity index (χ1) is 16.1. The van der Waals surface area contributed by atoms with E-state index < -0.39 is 0 Å². The average Bonchev–Trinajstić information content (AvgIpc) is 3.50. The van der Waals surface area contributed by atoms with Crippen molar-refractivity contribution in [1.82, 2.24) is 14.7 Å². The number of amides is 1. The minimum Gasteiger partial charge on any atom is -0.496 e. The Balaban J connectivity index is 1.34. The van der Waals surface area contributed by atoms with E-state index in [4.69, 9.17) is 14.2 Å². The molecule has 0 spiro atoms. The van der Waals surface area contributed by atoms with Gasteiger partial charge < -0.3 is 19.1 Å². The molecule has 0 radical (unpaired) electrons. The highest BCUT2D eigenvalue weighted by atomic mass is 16.7. The molecule has 170 valence electrons. The van der Waals surface area contributed by atoms with Crippen molar-refractivity contribution in [2.75, 3.05) is 20.4 Å². The summed E-state index contributed by atoms with van der Waals surface area (Å²) in [5.41, 5.74) is 2.17. The summed E-state index contributed by atoms with van der Waals surface area (Å²) < 4.78 is 17.7. The van der Waals surface area contributed by atoms with Crippen LogP contribution in [-0.2, 0) is 17.8 Å². The number of hydrogen-bond acceptors (Lipinski definition) is 6. The second-order valence-corrected chi connectivity index (χ2v) is 8.18. The lowest BCUT2D eigenvalue weighted by molar-refractivity contribution is -0.131. The van der Waals surface area contributed by atoms with Gasteiger partial charge in [-0.15, -0.1) is 0 Å². The van der Waals surface area contributed by atoms with Crippen molar-refractivity contribution in [3.8, 4) is 28.5 Å². The number of carbonyl (C=O) groups is 1. The lowest BCUT2D eigenvalue weighted by atomic mass is 10.1. The zero-order chi connectivity index (χ0) is 22.8. The van der Waals surface area contributed by atoms with E-state index in [0.29, 0.717) is 36.0 Å². The van der Waals surface area contributed by atoms with Crippen LogP contribution in [0.25, 0.3) is 11.3 Å². The fraction of sp³-hybridized carbons (Fsp3) is 0.320. The van der Waals surface area contributed by atoms with Crippen LogP contribution >= 0.6 is 0 Å². The number of aromatic nitrogens is 2. The fourth-order valence-corrected chi connectivity index (χ4v) is 4.46. The van der Waals surface area contributed by atoms with Gasteiger partial charge in [0.2, 0.25) is 12.7 Å². The Hall–Kier alpha value is -3.81. The summed E-state index contributed by atoms with van der Waals surface area (Å²) in [6.45, 7) is 1.23. The van der Waals surface area contributed by atoms with Crippen LogP contribution in [0.1, 0.15) is 18.4 Å². The number of rotatable bonds is 6. The van der Waals surface area contributed by atoms with Crippen molar-refractivity contribution in [1.29, 1.82) is 0 Å². The molecule has 3 heterocycles. The molecule has 1 atom stereocenters. The molecule has 0 N–H and O–H groups in total. The average molecular weight is 447 g/mol. The van der Waals surface area contributed by atoms with Crippen LogP contribution in [0, 0.1) is 0 Å². The van der Waals surface area contributed by atoms with Gasteiger partial charge in [-0.05, 0) is 43.2 Å². The second kappa shape index (κ2) is 8.97. The van der Waals surface area contributed by atoms with Gasteiger partial charge in [0, 0.05) is 23.7 Å². The van der Waals surface area contributed by atoms with Gasteiger partial charge in [0.25, 0.3) is 5.56 Å². The molecule has 1 amide bonds. The van der Waals surface area contributed by atoms with E-state index in [1.54, 1.807) is 13.2 Å². The van der Waals surface area contributed by atoms with E-state index in [9.17, 15) is 9.59 Å². The number of hydrogen-bond donors (Lipinski definition) is 0. The molecule has 0 aliphatic carbocycles. The van der Waals surface area contributed by atoms with Crippen LogP contribution in [-0.4, -0.2) is 47.1 Å². The third-order valence-electron chi connectivity index (χ3n) is 6.15. The SMILES string of the molecule is COc1ccccc1CC(=O)N1CCC[C@H]1Cn1nc(-c2ccc3c(c2)OCO3)ccc1=O. The molecule has 2 aromatic carbocycles. The molecule has 33 heavy (non-hydrogen) atoms. The lowest BCUT2D eigenvalue weighted by Crippen LogP contribution is -2.41. The molecule has 1 aromatic heterocycles. The van der Waals surface area contributed by atoms with Gasteiger partial charge in [0.15, 0.2) is 11.5 Å². The number of para-hydroxylation sites is 1. The van der Waals surface area contributed by atoms with Crippen LogP contribution in [0.2, 0.25) is 0 Å². The number of ether oxygens (including phenoxy) is 3. The number of carbonyl (C=O) groups excluding carboxylic acids is 1. The fourth-order valence-electron chi connectivity index (χ4n) is 4.46. The monoisotopic (exact) mass is 447 g/mol. The molecule has 1 fully saturated rings. The number of benzene rings is 2. The van der Waals surface area contributed by atoms with Gasteiger partial charge in [-0.2, -0.15) is 5.10 Å². The van der Waals surface area contributed by atoms with Crippen LogP contribution in [0.15, 0.2) is 59.4 Å². The summed E-state index contributed by atoms with van der Waals surface area (Å²) in [5.74, 6) is 2.09. The van der Waals surface area contributed by atoms with Crippen LogP contribution in [0.5, 0.6) is 17.2 Å². The quantitative estimate of drug-likeness (QED) is 0.578. The first-order valence-corrected chi connectivity index (χ1v) is 11.0. The Labute approximate surface area is 191 Å². The number of nitrogens with zero attached hydrogens (tertiary/aromatic N) is 3. The maximum atomic E-state index is 13.1. The zero-order valence-electron chi connectivity index (χ0n) is 18.4. The lowest BCUT2D eigenvalue weighted by Gasteiger charge is -2.25. The predicted molar refractivity (Wildman–Crippen MR) is 121 cm³/mol. The first-order valence-electron chi connectivity index (χ1n) is 11.0. The number of likely N-dealkylation sites (tertiary alicyclic amines) is 1. The van der Waals surface area contributed by atoms with E-state index in [1.165, 1.54) is 10.7 Å². The molecule has 0 bridgehead atoms. The second-order valence-electron chi connectivity index (χ2n) is 8.18. The first kappa shape index (κ1) is 21.1. The Morgan fingerprint density at radius 1 is 1.12 bits per heavy atom. The Bertz CT molecular complexity index is 1240. The predicted octanol–water partition coefficient (Wildman–Crippen LogP) is 2.88. The van der Waals surface area contributed by atoms with Gasteiger partial charge in [0.1, 0.15) is 5.75 Å². The number of fused-ring (bicyclic) bond motifs is 1.